The van der Waals surface area contributed by atoms with Crippen molar-refractivity contribution in [3.8, 4) is 33.8 Å². The second-order valence-corrected chi connectivity index (χ2v) is 10.2. The van der Waals surface area contributed by atoms with E-state index in [1.165, 1.54) is 73.6 Å². The van der Waals surface area contributed by atoms with Gasteiger partial charge in [0.15, 0.2) is 0 Å². The number of unbranched alkanes of at least 4 members (excludes halogenated alkanes) is 6. The van der Waals surface area contributed by atoms with Crippen LogP contribution >= 0.6 is 0 Å². The highest BCUT2D eigenvalue weighted by molar-refractivity contribution is 5.71. The van der Waals surface area contributed by atoms with Crippen LogP contribution in [0.3, 0.4) is 0 Å². The molecule has 3 aromatic carbocycles. The van der Waals surface area contributed by atoms with E-state index in [9.17, 15) is 0 Å². The summed E-state index contributed by atoms with van der Waals surface area (Å²) in [6.45, 7) is 8.85. The van der Waals surface area contributed by atoms with Gasteiger partial charge in [-0.15, -0.1) is 0 Å². The highest BCUT2D eigenvalue weighted by atomic mass is 16.5. The van der Waals surface area contributed by atoms with Gasteiger partial charge in [-0.1, -0.05) is 101 Å². The van der Waals surface area contributed by atoms with Crippen LogP contribution in [0.2, 0.25) is 0 Å². The maximum atomic E-state index is 6.11. The molecule has 0 heterocycles. The summed E-state index contributed by atoms with van der Waals surface area (Å²) in [6.07, 6.45) is 13.0. The monoisotopic (exact) mass is 486 g/mol. The molecule has 0 aliphatic rings. The third-order valence-corrected chi connectivity index (χ3v) is 6.86. The van der Waals surface area contributed by atoms with Gasteiger partial charge in [-0.25, -0.2) is 0 Å². The average molecular weight is 487 g/mol. The van der Waals surface area contributed by atoms with E-state index in [0.717, 1.165) is 24.3 Å². The summed E-state index contributed by atoms with van der Waals surface area (Å²) in [5.74, 6) is 1.91. The van der Waals surface area contributed by atoms with E-state index in [0.29, 0.717) is 0 Å². The third kappa shape index (κ3) is 9.37. The molecule has 0 saturated heterocycles. The second-order valence-electron chi connectivity index (χ2n) is 10.2. The standard InChI is InChI=1S/C34H46O2/c1-5-7-9-11-13-27(3)35-33-23-19-31(20-24-33)29-15-17-30(18-16-29)32-21-25-34(26-22-32)36-28(4)14-12-10-8-6-2/h15-28H,5-14H2,1-4H3. The Morgan fingerprint density at radius 2 is 0.750 bits per heavy atom. The molecule has 2 atom stereocenters. The van der Waals surface area contributed by atoms with Gasteiger partial charge in [-0.3, -0.25) is 0 Å². The molecule has 0 aliphatic heterocycles. The van der Waals surface area contributed by atoms with Crippen molar-refractivity contribution >= 4 is 0 Å². The lowest BCUT2D eigenvalue weighted by molar-refractivity contribution is 0.206. The molecule has 36 heavy (non-hydrogen) atoms. The first-order chi connectivity index (χ1) is 17.6. The molecule has 0 aliphatic carbocycles. The van der Waals surface area contributed by atoms with Gasteiger partial charge < -0.3 is 9.47 Å². The Hall–Kier alpha value is -2.74. The van der Waals surface area contributed by atoms with E-state index in [1.807, 2.05) is 0 Å². The summed E-state index contributed by atoms with van der Waals surface area (Å²) in [7, 11) is 0. The van der Waals surface area contributed by atoms with Crippen molar-refractivity contribution < 1.29 is 9.47 Å². The van der Waals surface area contributed by atoms with E-state index in [2.05, 4.69) is 100 Å². The Morgan fingerprint density at radius 3 is 1.06 bits per heavy atom. The number of hydrogen-bond donors (Lipinski definition) is 0. The van der Waals surface area contributed by atoms with Crippen LogP contribution in [-0.4, -0.2) is 12.2 Å². The molecule has 0 N–H and O–H groups in total. The van der Waals surface area contributed by atoms with Crippen LogP contribution in [0.1, 0.15) is 91.9 Å². The van der Waals surface area contributed by atoms with Gasteiger partial charge in [0, 0.05) is 0 Å². The second kappa shape index (κ2) is 15.4. The van der Waals surface area contributed by atoms with Crippen molar-refractivity contribution in [1.82, 2.24) is 0 Å². The van der Waals surface area contributed by atoms with E-state index in [4.69, 9.17) is 9.47 Å². The largest absolute Gasteiger partial charge is 0.491 e. The maximum Gasteiger partial charge on any atom is 0.119 e. The number of benzene rings is 3. The van der Waals surface area contributed by atoms with Gasteiger partial charge in [0.05, 0.1) is 12.2 Å². The van der Waals surface area contributed by atoms with E-state index in [-0.39, 0.29) is 12.2 Å². The summed E-state index contributed by atoms with van der Waals surface area (Å²) >= 11 is 0. The number of ether oxygens (including phenoxy) is 2. The van der Waals surface area contributed by atoms with Crippen molar-refractivity contribution in [1.29, 1.82) is 0 Å². The van der Waals surface area contributed by atoms with Crippen LogP contribution < -0.4 is 9.47 Å². The van der Waals surface area contributed by atoms with Crippen LogP contribution in [0.25, 0.3) is 22.3 Å². The molecular formula is C34H46O2. The van der Waals surface area contributed by atoms with Crippen molar-refractivity contribution in [3.05, 3.63) is 72.8 Å². The predicted octanol–water partition coefficient (Wildman–Crippen LogP) is 10.5. The first kappa shape index (κ1) is 27.8. The summed E-state index contributed by atoms with van der Waals surface area (Å²) in [4.78, 5) is 0. The summed E-state index contributed by atoms with van der Waals surface area (Å²) < 4.78 is 12.2. The van der Waals surface area contributed by atoms with Crippen molar-refractivity contribution in [3.63, 3.8) is 0 Å². The van der Waals surface area contributed by atoms with Crippen molar-refractivity contribution in [2.24, 2.45) is 0 Å². The van der Waals surface area contributed by atoms with Gasteiger partial charge in [0.2, 0.25) is 0 Å². The Kier molecular flexibility index (Phi) is 11.9. The lowest BCUT2D eigenvalue weighted by Crippen LogP contribution is -2.11. The zero-order valence-electron chi connectivity index (χ0n) is 23.0. The minimum absolute atomic E-state index is 0.262. The molecule has 0 spiro atoms. The first-order valence-electron chi connectivity index (χ1n) is 14.2. The van der Waals surface area contributed by atoms with Gasteiger partial charge in [0.25, 0.3) is 0 Å². The molecule has 194 valence electrons. The maximum absolute atomic E-state index is 6.11. The zero-order valence-corrected chi connectivity index (χ0v) is 23.0. The van der Waals surface area contributed by atoms with E-state index >= 15 is 0 Å². The smallest absolute Gasteiger partial charge is 0.119 e. The van der Waals surface area contributed by atoms with Crippen LogP contribution in [-0.2, 0) is 0 Å². The van der Waals surface area contributed by atoms with Crippen molar-refractivity contribution in [2.45, 2.75) is 104 Å². The SMILES string of the molecule is CCCCCCC(C)Oc1ccc(-c2ccc(-c3ccc(OC(C)CCCCCC)cc3)cc2)cc1. The molecule has 0 bridgehead atoms. The van der Waals surface area contributed by atoms with E-state index in [1.54, 1.807) is 0 Å². The zero-order chi connectivity index (χ0) is 25.6. The molecule has 2 heteroatoms. The molecule has 2 nitrogen and oxygen atoms in total. The highest BCUT2D eigenvalue weighted by Crippen LogP contribution is 2.28. The average Bonchev–Trinajstić information content (AvgIpc) is 2.90. The lowest BCUT2D eigenvalue weighted by atomic mass is 10.0. The van der Waals surface area contributed by atoms with Gasteiger partial charge >= 0.3 is 0 Å². The summed E-state index contributed by atoms with van der Waals surface area (Å²) in [6, 6.07) is 25.8. The Balaban J connectivity index is 1.51. The van der Waals surface area contributed by atoms with E-state index < -0.39 is 0 Å². The molecule has 0 fully saturated rings. The van der Waals surface area contributed by atoms with Crippen molar-refractivity contribution in [2.75, 3.05) is 0 Å². The fourth-order valence-electron chi connectivity index (χ4n) is 4.61. The van der Waals surface area contributed by atoms with Gasteiger partial charge in [-0.2, -0.15) is 0 Å². The molecule has 0 aromatic heterocycles. The van der Waals surface area contributed by atoms with Gasteiger partial charge in [-0.05, 0) is 86.1 Å². The lowest BCUT2D eigenvalue weighted by Gasteiger charge is -2.15. The highest BCUT2D eigenvalue weighted by Gasteiger charge is 2.07. The quantitative estimate of drug-likeness (QED) is 0.187. The van der Waals surface area contributed by atoms with Crippen LogP contribution in [0.15, 0.2) is 72.8 Å². The molecule has 0 saturated carbocycles. The van der Waals surface area contributed by atoms with Crippen LogP contribution in [0.4, 0.5) is 0 Å². The fraction of sp³-hybridized carbons (Fsp3) is 0.471. The minimum Gasteiger partial charge on any atom is -0.491 e. The molecular weight excluding hydrogens is 440 g/mol. The summed E-state index contributed by atoms with van der Waals surface area (Å²) in [5.41, 5.74) is 4.85. The third-order valence-electron chi connectivity index (χ3n) is 6.86. The molecule has 3 rings (SSSR count). The predicted molar refractivity (Wildman–Crippen MR) is 155 cm³/mol. The Labute approximate surface area is 220 Å². The number of hydrogen-bond acceptors (Lipinski definition) is 2. The Bertz CT molecular complexity index is 891. The minimum atomic E-state index is 0.262. The topological polar surface area (TPSA) is 18.5 Å². The fourth-order valence-corrected chi connectivity index (χ4v) is 4.61. The molecule has 2 unspecified atom stereocenters. The normalized spacial score (nSPS) is 12.8. The van der Waals surface area contributed by atoms with Crippen LogP contribution in [0.5, 0.6) is 11.5 Å². The Morgan fingerprint density at radius 1 is 0.444 bits per heavy atom. The molecule has 0 radical (unpaired) electrons. The van der Waals surface area contributed by atoms with Crippen LogP contribution in [0, 0.1) is 0 Å². The number of rotatable bonds is 16. The molecule has 0 amide bonds. The molecule has 3 aromatic rings. The summed E-state index contributed by atoms with van der Waals surface area (Å²) in [5, 5.41) is 0. The first-order valence-corrected chi connectivity index (χ1v) is 14.2. The van der Waals surface area contributed by atoms with Gasteiger partial charge in [0.1, 0.15) is 11.5 Å².